The number of hydrogen-bond donors (Lipinski definition) is 1. The number of ether oxygens (including phenoxy) is 1. The minimum atomic E-state index is -0.304. The van der Waals surface area contributed by atoms with Gasteiger partial charge in [-0.2, -0.15) is 0 Å². The summed E-state index contributed by atoms with van der Waals surface area (Å²) < 4.78 is 7.11. The Hall–Kier alpha value is -2.56. The van der Waals surface area contributed by atoms with Crippen molar-refractivity contribution in [1.29, 1.82) is 0 Å². The lowest BCUT2D eigenvalue weighted by atomic mass is 10.3. The SMILES string of the molecule is Cc1c(OCC(=O)Nc2ccccc2)c(=O)ccn1C. The maximum atomic E-state index is 11.7. The summed E-state index contributed by atoms with van der Waals surface area (Å²) in [6, 6.07) is 10.5. The molecule has 5 heteroatoms. The summed E-state index contributed by atoms with van der Waals surface area (Å²) in [6.07, 6.45) is 1.66. The molecule has 0 aliphatic carbocycles. The number of para-hydroxylation sites is 1. The summed E-state index contributed by atoms with van der Waals surface area (Å²) >= 11 is 0. The third-order valence-corrected chi connectivity index (χ3v) is 2.94. The van der Waals surface area contributed by atoms with Gasteiger partial charge >= 0.3 is 0 Å². The molecule has 1 aromatic heterocycles. The van der Waals surface area contributed by atoms with Crippen molar-refractivity contribution in [3.05, 3.63) is 58.5 Å². The van der Waals surface area contributed by atoms with Gasteiger partial charge in [0.2, 0.25) is 5.43 Å². The minimum Gasteiger partial charge on any atom is -0.478 e. The Morgan fingerprint density at radius 1 is 1.25 bits per heavy atom. The molecule has 5 nitrogen and oxygen atoms in total. The summed E-state index contributed by atoms with van der Waals surface area (Å²) in [5, 5.41) is 2.69. The average molecular weight is 272 g/mol. The Balaban J connectivity index is 2.01. The van der Waals surface area contributed by atoms with E-state index in [1.54, 1.807) is 29.8 Å². The van der Waals surface area contributed by atoms with Crippen molar-refractivity contribution >= 4 is 11.6 Å². The predicted octanol–water partition coefficient (Wildman–Crippen LogP) is 1.71. The quantitative estimate of drug-likeness (QED) is 0.921. The summed E-state index contributed by atoms with van der Waals surface area (Å²) in [6.45, 7) is 1.57. The van der Waals surface area contributed by atoms with Crippen molar-refractivity contribution in [2.75, 3.05) is 11.9 Å². The standard InChI is InChI=1S/C15H16N2O3/c1-11-15(13(18)8-9-17(11)2)20-10-14(19)16-12-6-4-3-5-7-12/h3-9H,10H2,1-2H3,(H,16,19). The molecule has 2 rings (SSSR count). The van der Waals surface area contributed by atoms with E-state index in [1.807, 2.05) is 25.2 Å². The first-order valence-corrected chi connectivity index (χ1v) is 6.22. The first-order chi connectivity index (χ1) is 9.58. The number of carbonyl (C=O) groups is 1. The van der Waals surface area contributed by atoms with Gasteiger partial charge in [-0.25, -0.2) is 0 Å². The van der Waals surface area contributed by atoms with Crippen LogP contribution in [-0.2, 0) is 11.8 Å². The van der Waals surface area contributed by atoms with Crippen LogP contribution in [0.4, 0.5) is 5.69 Å². The van der Waals surface area contributed by atoms with Crippen molar-refractivity contribution < 1.29 is 9.53 Å². The lowest BCUT2D eigenvalue weighted by Gasteiger charge is -2.11. The van der Waals surface area contributed by atoms with Crippen LogP contribution in [0.15, 0.2) is 47.4 Å². The fraction of sp³-hybridized carbons (Fsp3) is 0.200. The zero-order valence-corrected chi connectivity index (χ0v) is 11.4. The van der Waals surface area contributed by atoms with E-state index in [-0.39, 0.29) is 23.7 Å². The Morgan fingerprint density at radius 2 is 1.95 bits per heavy atom. The van der Waals surface area contributed by atoms with Gasteiger partial charge in [-0.15, -0.1) is 0 Å². The van der Waals surface area contributed by atoms with Crippen LogP contribution in [-0.4, -0.2) is 17.1 Å². The lowest BCUT2D eigenvalue weighted by molar-refractivity contribution is -0.118. The van der Waals surface area contributed by atoms with E-state index in [4.69, 9.17) is 4.74 Å². The van der Waals surface area contributed by atoms with Gasteiger partial charge in [-0.3, -0.25) is 9.59 Å². The third kappa shape index (κ3) is 3.26. The van der Waals surface area contributed by atoms with Crippen LogP contribution in [0.5, 0.6) is 5.75 Å². The lowest BCUT2D eigenvalue weighted by Crippen LogP contribution is -2.23. The molecule has 1 aromatic carbocycles. The second-order valence-corrected chi connectivity index (χ2v) is 4.41. The van der Waals surface area contributed by atoms with Crippen LogP contribution < -0.4 is 15.5 Å². The molecule has 0 fully saturated rings. The molecular weight excluding hydrogens is 256 g/mol. The maximum Gasteiger partial charge on any atom is 0.262 e. The number of aromatic nitrogens is 1. The monoisotopic (exact) mass is 272 g/mol. The number of carbonyl (C=O) groups excluding carboxylic acids is 1. The van der Waals surface area contributed by atoms with Crippen LogP contribution in [0, 0.1) is 6.92 Å². The number of nitrogens with zero attached hydrogens (tertiary/aromatic N) is 1. The fourth-order valence-corrected chi connectivity index (χ4v) is 1.74. The normalized spacial score (nSPS) is 10.1. The van der Waals surface area contributed by atoms with Crippen molar-refractivity contribution in [1.82, 2.24) is 4.57 Å². The van der Waals surface area contributed by atoms with Gasteiger partial charge in [-0.05, 0) is 19.1 Å². The van der Waals surface area contributed by atoms with Crippen molar-refractivity contribution in [3.8, 4) is 5.75 Å². The van der Waals surface area contributed by atoms with Gasteiger partial charge < -0.3 is 14.6 Å². The zero-order chi connectivity index (χ0) is 14.5. The largest absolute Gasteiger partial charge is 0.478 e. The predicted molar refractivity (Wildman–Crippen MR) is 77.0 cm³/mol. The minimum absolute atomic E-state index is 0.199. The van der Waals surface area contributed by atoms with E-state index < -0.39 is 0 Å². The number of nitrogens with one attached hydrogen (secondary N) is 1. The molecule has 0 spiro atoms. The Morgan fingerprint density at radius 3 is 2.65 bits per heavy atom. The number of benzene rings is 1. The number of amides is 1. The number of pyridine rings is 1. The van der Waals surface area contributed by atoms with E-state index in [2.05, 4.69) is 5.32 Å². The Labute approximate surface area is 116 Å². The van der Waals surface area contributed by atoms with Crippen molar-refractivity contribution in [3.63, 3.8) is 0 Å². The second-order valence-electron chi connectivity index (χ2n) is 4.41. The van der Waals surface area contributed by atoms with E-state index in [0.29, 0.717) is 11.4 Å². The van der Waals surface area contributed by atoms with Gasteiger partial charge in [-0.1, -0.05) is 18.2 Å². The van der Waals surface area contributed by atoms with Crippen LogP contribution in [0.3, 0.4) is 0 Å². The molecule has 0 bridgehead atoms. The topological polar surface area (TPSA) is 60.3 Å². The average Bonchev–Trinajstić information content (AvgIpc) is 2.44. The molecule has 1 amide bonds. The summed E-state index contributed by atoms with van der Waals surface area (Å²) in [7, 11) is 1.81. The molecule has 0 unspecified atom stereocenters. The molecule has 1 heterocycles. The van der Waals surface area contributed by atoms with E-state index >= 15 is 0 Å². The van der Waals surface area contributed by atoms with Gasteiger partial charge in [0.15, 0.2) is 12.4 Å². The molecule has 1 N–H and O–H groups in total. The summed E-state index contributed by atoms with van der Waals surface area (Å²) in [5.41, 5.74) is 1.15. The van der Waals surface area contributed by atoms with Crippen molar-refractivity contribution in [2.45, 2.75) is 6.92 Å². The summed E-state index contributed by atoms with van der Waals surface area (Å²) in [5.74, 6) is -0.0975. The molecule has 0 aliphatic rings. The highest BCUT2D eigenvalue weighted by molar-refractivity contribution is 5.91. The van der Waals surface area contributed by atoms with Gasteiger partial charge in [0.25, 0.3) is 5.91 Å². The van der Waals surface area contributed by atoms with Gasteiger partial charge in [0.1, 0.15) is 0 Å². The highest BCUT2D eigenvalue weighted by Gasteiger charge is 2.09. The highest BCUT2D eigenvalue weighted by atomic mass is 16.5. The number of rotatable bonds is 4. The Kier molecular flexibility index (Phi) is 4.20. The van der Waals surface area contributed by atoms with Gasteiger partial charge in [0.05, 0.1) is 5.69 Å². The smallest absolute Gasteiger partial charge is 0.262 e. The Bertz CT molecular complexity index is 663. The molecule has 0 aliphatic heterocycles. The van der Waals surface area contributed by atoms with Gasteiger partial charge in [0, 0.05) is 25.0 Å². The van der Waals surface area contributed by atoms with E-state index in [9.17, 15) is 9.59 Å². The second kappa shape index (κ2) is 6.06. The van der Waals surface area contributed by atoms with E-state index in [1.165, 1.54) is 6.07 Å². The molecule has 2 aromatic rings. The molecular formula is C15H16N2O3. The molecule has 20 heavy (non-hydrogen) atoms. The molecule has 0 radical (unpaired) electrons. The van der Waals surface area contributed by atoms with Crippen molar-refractivity contribution in [2.24, 2.45) is 7.05 Å². The number of hydrogen-bond acceptors (Lipinski definition) is 3. The highest BCUT2D eigenvalue weighted by Crippen LogP contribution is 2.10. The van der Waals surface area contributed by atoms with Crippen LogP contribution >= 0.6 is 0 Å². The molecule has 104 valence electrons. The first-order valence-electron chi connectivity index (χ1n) is 6.22. The zero-order valence-electron chi connectivity index (χ0n) is 11.4. The number of anilines is 1. The van der Waals surface area contributed by atoms with E-state index in [0.717, 1.165) is 0 Å². The van der Waals surface area contributed by atoms with Crippen LogP contribution in [0.1, 0.15) is 5.69 Å². The fourth-order valence-electron chi connectivity index (χ4n) is 1.74. The van der Waals surface area contributed by atoms with Crippen LogP contribution in [0.2, 0.25) is 0 Å². The van der Waals surface area contributed by atoms with Crippen LogP contribution in [0.25, 0.3) is 0 Å². The molecule has 0 saturated carbocycles. The molecule has 0 atom stereocenters. The maximum absolute atomic E-state index is 11.7. The number of aryl methyl sites for hydroxylation is 1. The molecule has 0 saturated heterocycles. The third-order valence-electron chi connectivity index (χ3n) is 2.94. The first kappa shape index (κ1) is 13.9. The summed E-state index contributed by atoms with van der Waals surface area (Å²) in [4.78, 5) is 23.4.